The summed E-state index contributed by atoms with van der Waals surface area (Å²) in [4.78, 5) is 48.7. The number of carbonyl (C=O) groups excluding carboxylic acids is 2. The third kappa shape index (κ3) is 5.62. The summed E-state index contributed by atoms with van der Waals surface area (Å²) < 4.78 is 26.2. The maximum Gasteiger partial charge on any atom is 0.338 e. The predicted octanol–water partition coefficient (Wildman–Crippen LogP) is 3.48. The fourth-order valence-corrected chi connectivity index (χ4v) is 7.55. The van der Waals surface area contributed by atoms with Gasteiger partial charge < -0.3 is 28.4 Å². The number of hydrogen-bond donors (Lipinski definition) is 0. The smallest absolute Gasteiger partial charge is 0.338 e. The predicted molar refractivity (Wildman–Crippen MR) is 183 cm³/mol. The lowest BCUT2D eigenvalue weighted by atomic mass is 9.93. The summed E-state index contributed by atoms with van der Waals surface area (Å²) >= 11 is 1.25. The Morgan fingerprint density at radius 2 is 1.78 bits per heavy atom. The van der Waals surface area contributed by atoms with Crippen molar-refractivity contribution < 1.29 is 28.5 Å². The summed E-state index contributed by atoms with van der Waals surface area (Å²) in [7, 11) is 0. The van der Waals surface area contributed by atoms with Crippen molar-refractivity contribution >= 4 is 45.9 Å². The molecule has 11 nitrogen and oxygen atoms in total. The quantitative estimate of drug-likeness (QED) is 0.243. The van der Waals surface area contributed by atoms with Gasteiger partial charge in [0.05, 0.1) is 41.7 Å². The molecule has 0 saturated carbocycles. The zero-order chi connectivity index (χ0) is 33.5. The van der Waals surface area contributed by atoms with Gasteiger partial charge in [0.1, 0.15) is 6.54 Å². The molecule has 0 bridgehead atoms. The van der Waals surface area contributed by atoms with Crippen LogP contribution in [0, 0.1) is 0 Å². The number of hydrogen-bond acceptors (Lipinski definition) is 9. The number of thiazole rings is 1. The highest BCUT2D eigenvalue weighted by Gasteiger charge is 2.36. The maximum atomic E-state index is 14.5. The Kier molecular flexibility index (Phi) is 8.10. The van der Waals surface area contributed by atoms with E-state index in [1.807, 2.05) is 82.4 Å². The first-order chi connectivity index (χ1) is 24.0. The summed E-state index contributed by atoms with van der Waals surface area (Å²) in [6.45, 7) is 4.34. The number of rotatable bonds is 7. The first-order valence-electron chi connectivity index (χ1n) is 16.1. The van der Waals surface area contributed by atoms with Crippen LogP contribution < -0.4 is 24.4 Å². The Morgan fingerprint density at radius 3 is 2.59 bits per heavy atom. The Labute approximate surface area is 284 Å². The Hall–Kier alpha value is -5.46. The van der Waals surface area contributed by atoms with E-state index in [-0.39, 0.29) is 37.0 Å². The summed E-state index contributed by atoms with van der Waals surface area (Å²) in [5.41, 5.74) is 3.45. The van der Waals surface area contributed by atoms with E-state index < -0.39 is 12.0 Å². The molecule has 3 aliphatic rings. The number of fused-ring (bicyclic) bond motifs is 3. The number of ether oxygens (including phenoxy) is 4. The van der Waals surface area contributed by atoms with Gasteiger partial charge in [0.15, 0.2) is 16.3 Å². The van der Waals surface area contributed by atoms with E-state index in [2.05, 4.69) is 0 Å². The number of benzene rings is 3. The lowest BCUT2D eigenvalue weighted by molar-refractivity contribution is -0.139. The summed E-state index contributed by atoms with van der Waals surface area (Å²) in [5, 5.41) is 0.910. The van der Waals surface area contributed by atoms with Crippen molar-refractivity contribution in [3.05, 3.63) is 121 Å². The van der Waals surface area contributed by atoms with Gasteiger partial charge in [-0.2, -0.15) is 0 Å². The maximum absolute atomic E-state index is 14.5. The number of esters is 1. The van der Waals surface area contributed by atoms with Crippen LogP contribution in [0.15, 0.2) is 94.4 Å². The molecule has 5 heterocycles. The molecule has 0 aliphatic carbocycles. The average Bonchev–Trinajstić information content (AvgIpc) is 3.84. The van der Waals surface area contributed by atoms with Crippen LogP contribution in [0.2, 0.25) is 0 Å². The van der Waals surface area contributed by atoms with Crippen LogP contribution in [0.5, 0.6) is 11.5 Å². The number of nitrogens with zero attached hydrogens (tertiary/aromatic N) is 4. The third-order valence-corrected chi connectivity index (χ3v) is 9.84. The second kappa shape index (κ2) is 12.9. The molecule has 12 heteroatoms. The van der Waals surface area contributed by atoms with E-state index in [4.69, 9.17) is 23.9 Å². The van der Waals surface area contributed by atoms with E-state index >= 15 is 0 Å². The molecule has 1 atom stereocenters. The van der Waals surface area contributed by atoms with Crippen molar-refractivity contribution in [3.63, 3.8) is 0 Å². The van der Waals surface area contributed by atoms with Gasteiger partial charge in [-0.15, -0.1) is 0 Å². The van der Waals surface area contributed by atoms with Crippen molar-refractivity contribution in [2.24, 2.45) is 4.99 Å². The zero-order valence-electron chi connectivity index (χ0n) is 26.7. The molecule has 1 saturated heterocycles. The molecule has 8 rings (SSSR count). The van der Waals surface area contributed by atoms with Crippen molar-refractivity contribution in [2.75, 3.05) is 39.7 Å². The molecule has 3 aromatic carbocycles. The molecular weight excluding hydrogens is 644 g/mol. The highest BCUT2D eigenvalue weighted by atomic mass is 32.1. The van der Waals surface area contributed by atoms with E-state index in [0.717, 1.165) is 22.0 Å². The van der Waals surface area contributed by atoms with Gasteiger partial charge in [0.25, 0.3) is 5.56 Å². The summed E-state index contributed by atoms with van der Waals surface area (Å²) in [6, 6.07) is 21.8. The lowest BCUT2D eigenvalue weighted by Gasteiger charge is -2.27. The van der Waals surface area contributed by atoms with Gasteiger partial charge in [-0.1, -0.05) is 65.9 Å². The van der Waals surface area contributed by atoms with Crippen LogP contribution in [0.3, 0.4) is 0 Å². The van der Waals surface area contributed by atoms with Crippen molar-refractivity contribution in [1.29, 1.82) is 0 Å². The van der Waals surface area contributed by atoms with Gasteiger partial charge >= 0.3 is 5.97 Å². The SMILES string of the molecule is CCOC(=O)C1=C(c2ccccc2)N=c2s/c(=C/c3cn(CC(=O)N4CCOCC4)c4ccccc34)c(=O)n2[C@@H]1c1ccc2c(c1)OCO2. The van der Waals surface area contributed by atoms with Crippen molar-refractivity contribution in [1.82, 2.24) is 14.0 Å². The van der Waals surface area contributed by atoms with Crippen LogP contribution >= 0.6 is 11.3 Å². The largest absolute Gasteiger partial charge is 0.463 e. The average molecular weight is 677 g/mol. The summed E-state index contributed by atoms with van der Waals surface area (Å²) in [5.74, 6) is 0.568. The summed E-state index contributed by atoms with van der Waals surface area (Å²) in [6.07, 6.45) is 3.75. The second-order valence-electron chi connectivity index (χ2n) is 11.8. The minimum absolute atomic E-state index is 0.0126. The van der Waals surface area contributed by atoms with Gasteiger partial charge in [-0.05, 0) is 36.8 Å². The molecule has 248 valence electrons. The van der Waals surface area contributed by atoms with E-state index in [1.54, 1.807) is 23.6 Å². The highest BCUT2D eigenvalue weighted by Crippen LogP contribution is 2.40. The molecular formula is C37H32N4O7S. The molecule has 0 spiro atoms. The molecule has 0 radical (unpaired) electrons. The molecule has 1 fully saturated rings. The highest BCUT2D eigenvalue weighted by molar-refractivity contribution is 7.07. The standard InChI is InChI=1S/C37H32N4O7S/c1-2-46-36(44)32-33(23-8-4-3-5-9-23)38-37-41(34(32)24-12-13-28-29(18-24)48-22-47-28)35(43)30(49-37)19-25-20-40(27-11-7-6-10-26(25)27)21-31(42)39-14-16-45-17-15-39/h3-13,18-20,34H,2,14-17,21-22H2,1H3/b30-19+/t34-/m1/s1. The fraction of sp³-hybridized carbons (Fsp3) is 0.243. The molecule has 1 amide bonds. The molecule has 0 unspecified atom stereocenters. The van der Waals surface area contributed by atoms with Gasteiger partial charge in [-0.3, -0.25) is 14.2 Å². The van der Waals surface area contributed by atoms with Crippen LogP contribution in [0.4, 0.5) is 0 Å². The van der Waals surface area contributed by atoms with Gasteiger partial charge in [-0.25, -0.2) is 9.79 Å². The van der Waals surface area contributed by atoms with Crippen molar-refractivity contribution in [2.45, 2.75) is 19.5 Å². The monoisotopic (exact) mass is 676 g/mol. The number of carbonyl (C=O) groups is 2. The van der Waals surface area contributed by atoms with E-state index in [1.165, 1.54) is 11.3 Å². The molecule has 3 aliphatic heterocycles. The number of para-hydroxylation sites is 1. The van der Waals surface area contributed by atoms with Gasteiger partial charge in [0, 0.05) is 41.3 Å². The zero-order valence-corrected chi connectivity index (χ0v) is 27.5. The number of aromatic nitrogens is 2. The molecule has 2 aromatic heterocycles. The van der Waals surface area contributed by atoms with Crippen LogP contribution in [0.1, 0.15) is 29.7 Å². The lowest BCUT2D eigenvalue weighted by Crippen LogP contribution is -2.42. The van der Waals surface area contributed by atoms with Crippen LogP contribution in [0.25, 0.3) is 22.7 Å². The first kappa shape index (κ1) is 30.8. The normalized spacial score (nSPS) is 17.3. The number of morpholine rings is 1. The minimum Gasteiger partial charge on any atom is -0.463 e. The van der Waals surface area contributed by atoms with Crippen molar-refractivity contribution in [3.8, 4) is 11.5 Å². The van der Waals surface area contributed by atoms with E-state index in [0.29, 0.717) is 58.4 Å². The Bertz CT molecular complexity index is 2320. The fourth-order valence-electron chi connectivity index (χ4n) is 6.56. The minimum atomic E-state index is -0.852. The first-order valence-corrected chi connectivity index (χ1v) is 16.9. The Morgan fingerprint density at radius 1 is 1.00 bits per heavy atom. The van der Waals surface area contributed by atoms with Crippen LogP contribution in [-0.2, 0) is 25.6 Å². The topological polar surface area (TPSA) is 114 Å². The molecule has 5 aromatic rings. The molecule has 49 heavy (non-hydrogen) atoms. The Balaban J connectivity index is 1.30. The second-order valence-corrected chi connectivity index (χ2v) is 12.8. The van der Waals surface area contributed by atoms with Gasteiger partial charge in [0.2, 0.25) is 12.7 Å². The molecule has 0 N–H and O–H groups in total. The third-order valence-electron chi connectivity index (χ3n) is 8.86. The van der Waals surface area contributed by atoms with Crippen LogP contribution in [-0.4, -0.2) is 65.6 Å². The van der Waals surface area contributed by atoms with E-state index in [9.17, 15) is 14.4 Å². The number of amides is 1.